The number of hydrogen-bond acceptors (Lipinski definition) is 6. The Balaban J connectivity index is 2.29. The molecular formula is C21H18ClN5O3. The van der Waals surface area contributed by atoms with Crippen LogP contribution >= 0.6 is 11.6 Å². The SMILES string of the molecule is CC(C)c1c(C(=O)c2cc(Cl)cc(C#N)c2)n(Cc2ccnc(N)c2)c(=O)[nH]c1=O. The third-order valence-corrected chi connectivity index (χ3v) is 4.72. The average molecular weight is 424 g/mol. The molecule has 1 aromatic carbocycles. The molecule has 30 heavy (non-hydrogen) atoms. The van der Waals surface area contributed by atoms with Crippen LogP contribution in [0.15, 0.2) is 46.1 Å². The molecule has 0 atom stereocenters. The lowest BCUT2D eigenvalue weighted by Gasteiger charge is -2.17. The topological polar surface area (TPSA) is 135 Å². The third-order valence-electron chi connectivity index (χ3n) is 4.50. The van der Waals surface area contributed by atoms with Gasteiger partial charge in [-0.25, -0.2) is 9.78 Å². The molecule has 2 heterocycles. The minimum Gasteiger partial charge on any atom is -0.384 e. The summed E-state index contributed by atoms with van der Waals surface area (Å²) in [5, 5.41) is 9.40. The minimum atomic E-state index is -0.731. The second-order valence-corrected chi connectivity index (χ2v) is 7.46. The Labute approximate surface area is 176 Å². The number of pyridine rings is 1. The van der Waals surface area contributed by atoms with Gasteiger partial charge in [0.1, 0.15) is 11.5 Å². The van der Waals surface area contributed by atoms with Crippen molar-refractivity contribution in [2.75, 3.05) is 5.73 Å². The van der Waals surface area contributed by atoms with Crippen molar-refractivity contribution in [3.63, 3.8) is 0 Å². The predicted octanol–water partition coefficient (Wildman–Crippen LogP) is 2.44. The summed E-state index contributed by atoms with van der Waals surface area (Å²) in [5.74, 6) is -0.671. The van der Waals surface area contributed by atoms with E-state index in [4.69, 9.17) is 17.3 Å². The number of carbonyl (C=O) groups excluding carboxylic acids is 1. The molecule has 0 aliphatic rings. The van der Waals surface area contributed by atoms with Gasteiger partial charge in [-0.05, 0) is 41.8 Å². The van der Waals surface area contributed by atoms with Crippen molar-refractivity contribution in [2.45, 2.75) is 26.3 Å². The number of nitrogen functional groups attached to an aromatic ring is 1. The largest absolute Gasteiger partial charge is 0.384 e. The van der Waals surface area contributed by atoms with Gasteiger partial charge in [-0.2, -0.15) is 5.26 Å². The van der Waals surface area contributed by atoms with Crippen LogP contribution in [0.4, 0.5) is 5.82 Å². The van der Waals surface area contributed by atoms with E-state index in [9.17, 15) is 19.6 Å². The Morgan fingerprint density at radius 2 is 2.03 bits per heavy atom. The predicted molar refractivity (Wildman–Crippen MR) is 113 cm³/mol. The van der Waals surface area contributed by atoms with E-state index in [0.29, 0.717) is 5.56 Å². The van der Waals surface area contributed by atoms with Crippen LogP contribution in [0.1, 0.15) is 52.5 Å². The summed E-state index contributed by atoms with van der Waals surface area (Å²) >= 11 is 6.05. The minimum absolute atomic E-state index is 0.00516. The number of rotatable bonds is 5. The molecule has 152 valence electrons. The van der Waals surface area contributed by atoms with E-state index < -0.39 is 17.0 Å². The zero-order chi connectivity index (χ0) is 22.0. The van der Waals surface area contributed by atoms with E-state index in [-0.39, 0.29) is 45.7 Å². The number of ketones is 1. The highest BCUT2D eigenvalue weighted by Crippen LogP contribution is 2.22. The van der Waals surface area contributed by atoms with E-state index >= 15 is 0 Å². The van der Waals surface area contributed by atoms with E-state index in [0.717, 1.165) is 0 Å². The van der Waals surface area contributed by atoms with Crippen LogP contribution in [0.3, 0.4) is 0 Å². The monoisotopic (exact) mass is 423 g/mol. The molecule has 0 saturated heterocycles. The first-order valence-corrected chi connectivity index (χ1v) is 9.42. The summed E-state index contributed by atoms with van der Waals surface area (Å²) in [6, 6.07) is 9.37. The molecule has 0 amide bonds. The summed E-state index contributed by atoms with van der Waals surface area (Å²) in [4.78, 5) is 44.9. The van der Waals surface area contributed by atoms with Crippen molar-refractivity contribution in [1.82, 2.24) is 14.5 Å². The quantitative estimate of drug-likeness (QED) is 0.605. The van der Waals surface area contributed by atoms with Gasteiger partial charge in [-0.1, -0.05) is 25.4 Å². The Hall–Kier alpha value is -3.70. The summed E-state index contributed by atoms with van der Waals surface area (Å²) in [6.45, 7) is 3.49. The maximum absolute atomic E-state index is 13.5. The van der Waals surface area contributed by atoms with Gasteiger partial charge in [0, 0.05) is 22.3 Å². The maximum Gasteiger partial charge on any atom is 0.329 e. The van der Waals surface area contributed by atoms with Gasteiger partial charge in [-0.3, -0.25) is 19.1 Å². The number of anilines is 1. The number of nitriles is 1. The van der Waals surface area contributed by atoms with Gasteiger partial charge >= 0.3 is 5.69 Å². The van der Waals surface area contributed by atoms with E-state index in [1.807, 2.05) is 6.07 Å². The smallest absolute Gasteiger partial charge is 0.329 e. The van der Waals surface area contributed by atoms with Crippen molar-refractivity contribution in [3.8, 4) is 6.07 Å². The highest BCUT2D eigenvalue weighted by molar-refractivity contribution is 6.31. The van der Waals surface area contributed by atoms with E-state index in [2.05, 4.69) is 9.97 Å². The van der Waals surface area contributed by atoms with Crippen molar-refractivity contribution in [1.29, 1.82) is 5.26 Å². The molecule has 0 radical (unpaired) electrons. The number of halogens is 1. The molecule has 3 aromatic rings. The average Bonchev–Trinajstić information content (AvgIpc) is 2.68. The molecule has 8 nitrogen and oxygen atoms in total. The van der Waals surface area contributed by atoms with Crippen LogP contribution in [-0.4, -0.2) is 20.3 Å². The number of hydrogen-bond donors (Lipinski definition) is 2. The third kappa shape index (κ3) is 4.16. The maximum atomic E-state index is 13.5. The van der Waals surface area contributed by atoms with E-state index in [1.54, 1.807) is 26.0 Å². The molecular weight excluding hydrogens is 406 g/mol. The summed E-state index contributed by atoms with van der Waals surface area (Å²) in [5.41, 5.74) is 5.40. The molecule has 0 aliphatic carbocycles. The Kier molecular flexibility index (Phi) is 5.85. The number of nitrogens with one attached hydrogen (secondary N) is 1. The molecule has 0 unspecified atom stereocenters. The second-order valence-electron chi connectivity index (χ2n) is 7.02. The number of H-pyrrole nitrogens is 1. The van der Waals surface area contributed by atoms with Gasteiger partial charge in [0.2, 0.25) is 5.78 Å². The molecule has 9 heteroatoms. The van der Waals surface area contributed by atoms with Gasteiger partial charge < -0.3 is 5.73 Å². The van der Waals surface area contributed by atoms with Crippen LogP contribution in [0.25, 0.3) is 0 Å². The van der Waals surface area contributed by atoms with Crippen LogP contribution < -0.4 is 17.0 Å². The van der Waals surface area contributed by atoms with Gasteiger partial charge in [0.25, 0.3) is 5.56 Å². The van der Waals surface area contributed by atoms with Crippen molar-refractivity contribution < 1.29 is 4.79 Å². The number of aromatic amines is 1. The Bertz CT molecular complexity index is 1300. The van der Waals surface area contributed by atoms with Gasteiger partial charge in [0.15, 0.2) is 0 Å². The van der Waals surface area contributed by atoms with Crippen molar-refractivity contribution in [3.05, 3.63) is 90.3 Å². The lowest BCUT2D eigenvalue weighted by atomic mass is 9.96. The normalized spacial score (nSPS) is 10.8. The molecule has 0 bridgehead atoms. The van der Waals surface area contributed by atoms with Crippen molar-refractivity contribution in [2.24, 2.45) is 0 Å². The van der Waals surface area contributed by atoms with Crippen molar-refractivity contribution >= 4 is 23.2 Å². The first-order chi connectivity index (χ1) is 14.2. The van der Waals surface area contributed by atoms with Gasteiger partial charge in [-0.15, -0.1) is 0 Å². The summed E-state index contributed by atoms with van der Waals surface area (Å²) in [6.07, 6.45) is 1.49. The van der Waals surface area contributed by atoms with Gasteiger partial charge in [0.05, 0.1) is 18.2 Å². The first kappa shape index (κ1) is 21.0. The fourth-order valence-electron chi connectivity index (χ4n) is 3.22. The van der Waals surface area contributed by atoms with Crippen LogP contribution in [0.2, 0.25) is 5.02 Å². The molecule has 0 saturated carbocycles. The number of carbonyl (C=O) groups is 1. The standard InChI is InChI=1S/C21H18ClN5O3/c1-11(2)17-18(19(28)14-5-13(9-23)6-15(22)8-14)27(21(30)26-20(17)29)10-12-3-4-25-16(24)7-12/h3-8,11H,10H2,1-2H3,(H2,24,25)(H,26,29,30). The zero-order valence-corrected chi connectivity index (χ0v) is 17.0. The van der Waals surface area contributed by atoms with Crippen LogP contribution in [-0.2, 0) is 6.54 Å². The zero-order valence-electron chi connectivity index (χ0n) is 16.3. The molecule has 0 fully saturated rings. The molecule has 3 N–H and O–H groups in total. The summed E-state index contributed by atoms with van der Waals surface area (Å²) < 4.78 is 1.20. The highest BCUT2D eigenvalue weighted by atomic mass is 35.5. The lowest BCUT2D eigenvalue weighted by Crippen LogP contribution is -2.38. The van der Waals surface area contributed by atoms with Crippen LogP contribution in [0.5, 0.6) is 0 Å². The highest BCUT2D eigenvalue weighted by Gasteiger charge is 2.25. The Morgan fingerprint density at radius 1 is 1.30 bits per heavy atom. The number of nitrogens with zero attached hydrogens (tertiary/aromatic N) is 3. The fraction of sp³-hybridized carbons (Fsp3) is 0.190. The number of nitrogens with two attached hydrogens (primary N) is 1. The number of benzene rings is 1. The van der Waals surface area contributed by atoms with E-state index in [1.165, 1.54) is 29.0 Å². The molecule has 2 aromatic heterocycles. The fourth-order valence-corrected chi connectivity index (χ4v) is 3.45. The lowest BCUT2D eigenvalue weighted by molar-refractivity contribution is 0.102. The second kappa shape index (κ2) is 8.35. The summed E-state index contributed by atoms with van der Waals surface area (Å²) in [7, 11) is 0. The Morgan fingerprint density at radius 3 is 2.67 bits per heavy atom. The first-order valence-electron chi connectivity index (χ1n) is 9.04. The molecule has 0 spiro atoms. The molecule has 3 rings (SSSR count). The van der Waals surface area contributed by atoms with Crippen LogP contribution in [0, 0.1) is 11.3 Å². The number of aromatic nitrogens is 3. The molecule has 0 aliphatic heterocycles.